The molecule has 0 aliphatic carbocycles. The highest BCUT2D eigenvalue weighted by atomic mass is 32.1. The van der Waals surface area contributed by atoms with Gasteiger partial charge in [-0.25, -0.2) is 4.39 Å². The zero-order valence-electron chi connectivity index (χ0n) is 14.6. The first-order valence-electron chi connectivity index (χ1n) is 8.17. The van der Waals surface area contributed by atoms with Crippen LogP contribution in [0.3, 0.4) is 0 Å². The number of hydrogen-bond acceptors (Lipinski definition) is 4. The first-order chi connectivity index (χ1) is 12.3. The third kappa shape index (κ3) is 3.14. The third-order valence-electron chi connectivity index (χ3n) is 4.78. The monoisotopic (exact) mass is 374 g/mol. The number of nitrogens with zero attached hydrogens (tertiary/aromatic N) is 2. The summed E-state index contributed by atoms with van der Waals surface area (Å²) in [6, 6.07) is 9.66. The highest BCUT2D eigenvalue weighted by molar-refractivity contribution is 7.09. The van der Waals surface area contributed by atoms with Crippen molar-refractivity contribution in [2.24, 2.45) is 0 Å². The number of halogens is 1. The number of hydrogen-bond donors (Lipinski definition) is 0. The molecule has 1 unspecified atom stereocenters. The van der Waals surface area contributed by atoms with Crippen molar-refractivity contribution in [2.45, 2.75) is 24.8 Å². The molecule has 0 radical (unpaired) electrons. The van der Waals surface area contributed by atoms with E-state index in [-0.39, 0.29) is 24.3 Å². The molecule has 7 heteroatoms. The second kappa shape index (κ2) is 6.99. The number of amides is 3. The van der Waals surface area contributed by atoms with Crippen LogP contribution in [0.5, 0.6) is 0 Å². The molecule has 2 heterocycles. The maximum absolute atomic E-state index is 14.5. The van der Waals surface area contributed by atoms with Gasteiger partial charge in [-0.1, -0.05) is 24.3 Å². The summed E-state index contributed by atoms with van der Waals surface area (Å²) in [7, 11) is 3.01. The summed E-state index contributed by atoms with van der Waals surface area (Å²) >= 11 is 1.53. The molecular formula is C19H19FN2O3S. The second-order valence-corrected chi connectivity index (χ2v) is 7.53. The molecular weight excluding hydrogens is 355 g/mol. The fourth-order valence-corrected chi connectivity index (χ4v) is 4.05. The Morgan fingerprint density at radius 3 is 2.58 bits per heavy atom. The standard InChI is InChI=1S/C19H19FN2O3S/c1-21(12-13-6-5-9-26-13)16(23)10-19(11-17(24)22(2)18(19)25)14-7-3-4-8-15(14)20/h3-9H,10-12H2,1-2H3. The summed E-state index contributed by atoms with van der Waals surface area (Å²) in [6.45, 7) is 0.405. The maximum Gasteiger partial charge on any atom is 0.240 e. The van der Waals surface area contributed by atoms with Crippen LogP contribution in [0.15, 0.2) is 41.8 Å². The minimum absolute atomic E-state index is 0.0978. The van der Waals surface area contributed by atoms with Gasteiger partial charge in [-0.3, -0.25) is 19.3 Å². The lowest BCUT2D eigenvalue weighted by atomic mass is 9.75. The van der Waals surface area contributed by atoms with E-state index in [2.05, 4.69) is 0 Å². The van der Waals surface area contributed by atoms with Gasteiger partial charge in [0.2, 0.25) is 17.7 Å². The molecule has 3 amide bonds. The van der Waals surface area contributed by atoms with Crippen LogP contribution >= 0.6 is 11.3 Å². The van der Waals surface area contributed by atoms with Crippen LogP contribution in [0.2, 0.25) is 0 Å². The quantitative estimate of drug-likeness (QED) is 0.756. The molecule has 1 fully saturated rings. The molecule has 136 valence electrons. The fourth-order valence-electron chi connectivity index (χ4n) is 3.30. The van der Waals surface area contributed by atoms with Crippen LogP contribution in [-0.4, -0.2) is 41.6 Å². The molecule has 5 nitrogen and oxygen atoms in total. The highest BCUT2D eigenvalue weighted by Gasteiger charge is 2.53. The summed E-state index contributed by atoms with van der Waals surface area (Å²) in [4.78, 5) is 41.3. The van der Waals surface area contributed by atoms with Crippen LogP contribution in [0.1, 0.15) is 23.3 Å². The molecule has 0 N–H and O–H groups in total. The number of rotatable bonds is 5. The van der Waals surface area contributed by atoms with Gasteiger partial charge in [0.1, 0.15) is 5.82 Å². The molecule has 1 aliphatic rings. The number of carbonyl (C=O) groups is 3. The van der Waals surface area contributed by atoms with Gasteiger partial charge >= 0.3 is 0 Å². The topological polar surface area (TPSA) is 57.7 Å². The maximum atomic E-state index is 14.5. The summed E-state index contributed by atoms with van der Waals surface area (Å²) in [5.74, 6) is -1.84. The van der Waals surface area contributed by atoms with E-state index in [4.69, 9.17) is 0 Å². The Balaban J connectivity index is 1.92. The Bertz CT molecular complexity index is 852. The molecule has 1 aromatic carbocycles. The van der Waals surface area contributed by atoms with Crippen molar-refractivity contribution in [3.8, 4) is 0 Å². The largest absolute Gasteiger partial charge is 0.341 e. The van der Waals surface area contributed by atoms with Crippen LogP contribution in [0.25, 0.3) is 0 Å². The number of likely N-dealkylation sites (tertiary alicyclic amines) is 1. The van der Waals surface area contributed by atoms with Gasteiger partial charge in [0.25, 0.3) is 0 Å². The first-order valence-corrected chi connectivity index (χ1v) is 9.05. The normalized spacial score (nSPS) is 19.9. The van der Waals surface area contributed by atoms with Crippen LogP contribution in [0.4, 0.5) is 4.39 Å². The first kappa shape index (κ1) is 18.3. The van der Waals surface area contributed by atoms with Gasteiger partial charge in [-0.05, 0) is 17.5 Å². The van der Waals surface area contributed by atoms with Crippen molar-refractivity contribution >= 4 is 29.1 Å². The zero-order valence-corrected chi connectivity index (χ0v) is 15.4. The Labute approximate surface area is 155 Å². The predicted octanol–water partition coefficient (Wildman–Crippen LogP) is 2.56. The minimum Gasteiger partial charge on any atom is -0.341 e. The lowest BCUT2D eigenvalue weighted by Crippen LogP contribution is -2.42. The Morgan fingerprint density at radius 1 is 1.27 bits per heavy atom. The summed E-state index contributed by atoms with van der Waals surface area (Å²) in [6.07, 6.45) is -0.452. The summed E-state index contributed by atoms with van der Waals surface area (Å²) in [5.41, 5.74) is -1.39. The smallest absolute Gasteiger partial charge is 0.240 e. The van der Waals surface area contributed by atoms with Gasteiger partial charge in [-0.15, -0.1) is 11.3 Å². The highest BCUT2D eigenvalue weighted by Crippen LogP contribution is 2.40. The Kier molecular flexibility index (Phi) is 4.91. The average Bonchev–Trinajstić information content (AvgIpc) is 3.19. The van der Waals surface area contributed by atoms with E-state index < -0.39 is 23.0 Å². The van der Waals surface area contributed by atoms with Gasteiger partial charge in [0, 0.05) is 37.4 Å². The second-order valence-electron chi connectivity index (χ2n) is 6.50. The van der Waals surface area contributed by atoms with Gasteiger partial charge in [-0.2, -0.15) is 0 Å². The predicted molar refractivity (Wildman–Crippen MR) is 95.9 cm³/mol. The molecule has 1 aliphatic heterocycles. The SMILES string of the molecule is CN(Cc1cccs1)C(=O)CC1(c2ccccc2F)CC(=O)N(C)C1=O. The van der Waals surface area contributed by atoms with E-state index in [9.17, 15) is 18.8 Å². The third-order valence-corrected chi connectivity index (χ3v) is 5.64. The van der Waals surface area contributed by atoms with E-state index in [1.165, 1.54) is 41.5 Å². The Morgan fingerprint density at radius 2 is 2.00 bits per heavy atom. The number of likely N-dealkylation sites (N-methyl/N-ethyl adjacent to an activating group) is 1. The van der Waals surface area contributed by atoms with Crippen LogP contribution in [0, 0.1) is 5.82 Å². The van der Waals surface area contributed by atoms with E-state index >= 15 is 0 Å². The van der Waals surface area contributed by atoms with Gasteiger partial charge in [0.15, 0.2) is 0 Å². The molecule has 1 atom stereocenters. The van der Waals surface area contributed by atoms with E-state index in [0.717, 1.165) is 9.78 Å². The van der Waals surface area contributed by atoms with Crippen molar-refractivity contribution in [1.29, 1.82) is 0 Å². The van der Waals surface area contributed by atoms with Crippen LogP contribution in [-0.2, 0) is 26.3 Å². The molecule has 0 saturated carbocycles. The molecule has 3 rings (SSSR count). The molecule has 2 aromatic rings. The number of thiophene rings is 1. The number of carbonyl (C=O) groups excluding carboxylic acids is 3. The lowest BCUT2D eigenvalue weighted by Gasteiger charge is -2.29. The Hall–Kier alpha value is -2.54. The van der Waals surface area contributed by atoms with Crippen molar-refractivity contribution in [3.63, 3.8) is 0 Å². The van der Waals surface area contributed by atoms with Crippen molar-refractivity contribution < 1.29 is 18.8 Å². The van der Waals surface area contributed by atoms with Gasteiger partial charge in [0.05, 0.1) is 12.0 Å². The molecule has 26 heavy (non-hydrogen) atoms. The van der Waals surface area contributed by atoms with Crippen LogP contribution < -0.4 is 0 Å². The molecule has 1 aromatic heterocycles. The summed E-state index contributed by atoms with van der Waals surface area (Å²) in [5, 5.41) is 1.92. The van der Waals surface area contributed by atoms with Crippen molar-refractivity contribution in [2.75, 3.05) is 14.1 Å². The van der Waals surface area contributed by atoms with Gasteiger partial charge < -0.3 is 4.90 Å². The molecule has 0 spiro atoms. The minimum atomic E-state index is -1.49. The van der Waals surface area contributed by atoms with E-state index in [0.29, 0.717) is 6.54 Å². The number of benzene rings is 1. The van der Waals surface area contributed by atoms with E-state index in [1.54, 1.807) is 13.1 Å². The molecule has 0 bridgehead atoms. The average molecular weight is 374 g/mol. The lowest BCUT2D eigenvalue weighted by molar-refractivity contribution is -0.141. The fraction of sp³-hybridized carbons (Fsp3) is 0.316. The number of imide groups is 1. The van der Waals surface area contributed by atoms with Crippen molar-refractivity contribution in [3.05, 3.63) is 58.0 Å². The van der Waals surface area contributed by atoms with E-state index in [1.807, 2.05) is 17.5 Å². The molecule has 1 saturated heterocycles. The summed E-state index contributed by atoms with van der Waals surface area (Å²) < 4.78 is 14.5. The van der Waals surface area contributed by atoms with Crippen molar-refractivity contribution in [1.82, 2.24) is 9.80 Å². The zero-order chi connectivity index (χ0) is 18.9.